The van der Waals surface area contributed by atoms with Gasteiger partial charge in [0.15, 0.2) is 0 Å². The van der Waals surface area contributed by atoms with E-state index in [1.54, 1.807) is 12.1 Å². The van der Waals surface area contributed by atoms with E-state index in [-0.39, 0.29) is 16.0 Å². The molecule has 1 aromatic heterocycles. The van der Waals surface area contributed by atoms with E-state index in [1.165, 1.54) is 54.6 Å². The highest BCUT2D eigenvalue weighted by atomic mass is 32.2. The van der Waals surface area contributed by atoms with Crippen molar-refractivity contribution in [1.82, 2.24) is 19.4 Å². The van der Waals surface area contributed by atoms with Gasteiger partial charge in [0.05, 0.1) is 22.6 Å². The monoisotopic (exact) mass is 557 g/mol. The molecule has 1 aliphatic rings. The number of thiophene rings is 1. The van der Waals surface area contributed by atoms with Crippen molar-refractivity contribution < 1.29 is 22.8 Å². The molecule has 0 bridgehead atoms. The van der Waals surface area contributed by atoms with Crippen LogP contribution in [0.3, 0.4) is 0 Å². The lowest BCUT2D eigenvalue weighted by Crippen LogP contribution is -2.39. The Morgan fingerprint density at radius 2 is 1.71 bits per heavy atom. The quantitative estimate of drug-likeness (QED) is 0.464. The Kier molecular flexibility index (Phi) is 9.19. The molecule has 0 fully saturated rings. The van der Waals surface area contributed by atoms with E-state index < -0.39 is 41.0 Å². The molecule has 200 valence electrons. The molecule has 4 amide bonds. The van der Waals surface area contributed by atoms with Crippen molar-refractivity contribution in [3.63, 3.8) is 0 Å². The van der Waals surface area contributed by atoms with E-state index in [9.17, 15) is 22.8 Å². The molecule has 0 atom stereocenters. The number of rotatable bonds is 8. The molecule has 2 N–H and O–H groups in total. The fraction of sp³-hybridized carbons (Fsp3) is 0.375. The van der Waals surface area contributed by atoms with E-state index in [0.717, 1.165) is 27.8 Å². The summed E-state index contributed by atoms with van der Waals surface area (Å²) in [7, 11) is -1.09. The van der Waals surface area contributed by atoms with Gasteiger partial charge in [-0.05, 0) is 42.8 Å². The number of hydrogen-bond acceptors (Lipinski definition) is 9. The average Bonchev–Trinajstić information content (AvgIpc) is 3.25. The van der Waals surface area contributed by atoms with Crippen LogP contribution in [0.1, 0.15) is 38.1 Å². The second-order valence-corrected chi connectivity index (χ2v) is 11.6. The minimum absolute atomic E-state index is 0.133. The molecular weight excluding hydrogens is 530 g/mol. The third-order valence-corrected chi connectivity index (χ3v) is 8.85. The van der Waals surface area contributed by atoms with E-state index in [0.29, 0.717) is 18.0 Å². The van der Waals surface area contributed by atoms with Crippen LogP contribution in [-0.4, -0.2) is 80.6 Å². The number of nitrogens with one attached hydrogen (secondary N) is 2. The van der Waals surface area contributed by atoms with Gasteiger partial charge in [0.25, 0.3) is 11.8 Å². The molecule has 0 unspecified atom stereocenters. The van der Waals surface area contributed by atoms with Crippen molar-refractivity contribution in [2.75, 3.05) is 45.6 Å². The lowest BCUT2D eigenvalue weighted by molar-refractivity contribution is 0.0956. The predicted molar refractivity (Wildman–Crippen MR) is 140 cm³/mol. The smallest absolute Gasteiger partial charge is 0.323 e. The Morgan fingerprint density at radius 1 is 1.08 bits per heavy atom. The second kappa shape index (κ2) is 12.1. The van der Waals surface area contributed by atoms with Gasteiger partial charge in [0, 0.05) is 37.6 Å². The maximum atomic E-state index is 13.1. The highest BCUT2D eigenvalue weighted by Crippen LogP contribution is 2.37. The minimum atomic E-state index is -4.11. The van der Waals surface area contributed by atoms with Crippen LogP contribution in [-0.2, 0) is 23.0 Å². The van der Waals surface area contributed by atoms with Gasteiger partial charge in [-0.2, -0.15) is 14.8 Å². The van der Waals surface area contributed by atoms with E-state index in [2.05, 4.69) is 15.5 Å². The fourth-order valence-electron chi connectivity index (χ4n) is 3.81. The van der Waals surface area contributed by atoms with Crippen molar-refractivity contribution in [3.05, 3.63) is 45.8 Å². The van der Waals surface area contributed by atoms with Crippen LogP contribution in [0, 0.1) is 22.7 Å². The number of amides is 4. The zero-order valence-electron chi connectivity index (χ0n) is 21.1. The molecule has 0 radical (unpaired) electrons. The lowest BCUT2D eigenvalue weighted by Gasteiger charge is -2.25. The maximum absolute atomic E-state index is 13.1. The molecule has 0 aliphatic carbocycles. The highest BCUT2D eigenvalue weighted by molar-refractivity contribution is 7.89. The Hall–Kier alpha value is -3.82. The Balaban J connectivity index is 1.89. The summed E-state index contributed by atoms with van der Waals surface area (Å²) in [6.45, 7) is 3.24. The molecule has 38 heavy (non-hydrogen) atoms. The van der Waals surface area contributed by atoms with Crippen molar-refractivity contribution in [2.24, 2.45) is 0 Å². The summed E-state index contributed by atoms with van der Waals surface area (Å²) in [6, 6.07) is 7.89. The zero-order chi connectivity index (χ0) is 28.0. The van der Waals surface area contributed by atoms with Gasteiger partial charge in [0.2, 0.25) is 10.0 Å². The SMILES string of the molecule is CCN1CCc2c(sc(NC(=O)c3ccc(S(=O)(=O)N(CC#N)CC#N)cc3)c2C(=O)NC(=O)N(C)C)C1. The van der Waals surface area contributed by atoms with Crippen molar-refractivity contribution in [1.29, 1.82) is 10.5 Å². The lowest BCUT2D eigenvalue weighted by atomic mass is 10.0. The Labute approximate surface area is 225 Å². The minimum Gasteiger partial charge on any atom is -0.331 e. The number of carbonyl (C=O) groups is 3. The van der Waals surface area contributed by atoms with Crippen LogP contribution in [0.4, 0.5) is 9.80 Å². The predicted octanol–water partition coefficient (Wildman–Crippen LogP) is 1.83. The summed E-state index contributed by atoms with van der Waals surface area (Å²) in [4.78, 5) is 42.5. The third-order valence-electron chi connectivity index (χ3n) is 5.91. The van der Waals surface area contributed by atoms with Crippen LogP contribution in [0.25, 0.3) is 0 Å². The number of sulfonamides is 1. The molecule has 1 aromatic carbocycles. The van der Waals surface area contributed by atoms with Gasteiger partial charge in [-0.25, -0.2) is 13.2 Å². The standard InChI is InChI=1S/C24H27N7O5S2/c1-4-30-12-9-18-19(15-30)37-23(20(18)22(33)28-24(34)29(2)3)27-21(32)16-5-7-17(8-6-16)38(35,36)31(13-10-25)14-11-26/h5-8H,4,9,12-15H2,1-3H3,(H,27,32)(H,28,33,34). The van der Waals surface area contributed by atoms with Crippen LogP contribution in [0.5, 0.6) is 0 Å². The highest BCUT2D eigenvalue weighted by Gasteiger charge is 2.30. The Morgan fingerprint density at radius 3 is 2.26 bits per heavy atom. The summed E-state index contributed by atoms with van der Waals surface area (Å²) in [5, 5.41) is 23.2. The molecule has 14 heteroatoms. The number of likely N-dealkylation sites (N-methyl/N-ethyl adjacent to an activating group) is 1. The number of fused-ring (bicyclic) bond motifs is 1. The van der Waals surface area contributed by atoms with Gasteiger partial charge < -0.3 is 10.2 Å². The van der Waals surface area contributed by atoms with E-state index >= 15 is 0 Å². The molecule has 0 saturated carbocycles. The van der Waals surface area contributed by atoms with Crippen molar-refractivity contribution >= 4 is 44.2 Å². The molecule has 0 saturated heterocycles. The van der Waals surface area contributed by atoms with Gasteiger partial charge in [-0.15, -0.1) is 11.3 Å². The summed E-state index contributed by atoms with van der Waals surface area (Å²) in [6.07, 6.45) is 0.586. The molecule has 3 rings (SSSR count). The first-order chi connectivity index (χ1) is 18.0. The van der Waals surface area contributed by atoms with Crippen LogP contribution >= 0.6 is 11.3 Å². The summed E-state index contributed by atoms with van der Waals surface area (Å²) >= 11 is 1.27. The molecule has 1 aliphatic heterocycles. The third kappa shape index (κ3) is 6.17. The average molecular weight is 558 g/mol. The zero-order valence-corrected chi connectivity index (χ0v) is 22.8. The first-order valence-corrected chi connectivity index (χ1v) is 13.8. The summed E-state index contributed by atoms with van der Waals surface area (Å²) in [5.74, 6) is -1.18. The van der Waals surface area contributed by atoms with Crippen molar-refractivity contribution in [2.45, 2.75) is 24.8 Å². The number of carbonyl (C=O) groups excluding carboxylic acids is 3. The number of urea groups is 1. The fourth-order valence-corrected chi connectivity index (χ4v) is 6.33. The number of hydrogen-bond donors (Lipinski definition) is 2. The normalized spacial score (nSPS) is 13.2. The second-order valence-electron chi connectivity index (χ2n) is 8.55. The number of nitrogens with zero attached hydrogens (tertiary/aromatic N) is 5. The summed E-state index contributed by atoms with van der Waals surface area (Å²) < 4.78 is 26.2. The van der Waals surface area contributed by atoms with Gasteiger partial charge in [-0.3, -0.25) is 19.8 Å². The van der Waals surface area contributed by atoms with Crippen LogP contribution < -0.4 is 10.6 Å². The van der Waals surface area contributed by atoms with Gasteiger partial charge in [-0.1, -0.05) is 6.92 Å². The largest absolute Gasteiger partial charge is 0.331 e. The van der Waals surface area contributed by atoms with Gasteiger partial charge in [0.1, 0.15) is 18.1 Å². The number of nitriles is 2. The molecule has 0 spiro atoms. The van der Waals surface area contributed by atoms with Crippen LogP contribution in [0.15, 0.2) is 29.2 Å². The number of benzene rings is 1. The molecule has 12 nitrogen and oxygen atoms in total. The van der Waals surface area contributed by atoms with E-state index in [4.69, 9.17) is 10.5 Å². The van der Waals surface area contributed by atoms with E-state index in [1.807, 2.05) is 6.92 Å². The Bertz CT molecular complexity index is 1400. The topological polar surface area (TPSA) is 167 Å². The molecular formula is C24H27N7O5S2. The first kappa shape index (κ1) is 28.7. The molecule has 2 heterocycles. The van der Waals surface area contributed by atoms with Crippen LogP contribution in [0.2, 0.25) is 0 Å². The number of imide groups is 1. The van der Waals surface area contributed by atoms with Crippen molar-refractivity contribution in [3.8, 4) is 12.1 Å². The summed E-state index contributed by atoms with van der Waals surface area (Å²) in [5.41, 5.74) is 1.16. The molecule has 2 aromatic rings. The maximum Gasteiger partial charge on any atom is 0.323 e. The first-order valence-electron chi connectivity index (χ1n) is 11.6. The van der Waals surface area contributed by atoms with Gasteiger partial charge >= 0.3 is 6.03 Å². The number of anilines is 1.